The van der Waals surface area contributed by atoms with E-state index in [-0.39, 0.29) is 5.91 Å². The van der Waals surface area contributed by atoms with Crippen LogP contribution in [0.4, 0.5) is 0 Å². The van der Waals surface area contributed by atoms with Crippen LogP contribution in [-0.2, 0) is 0 Å². The largest absolute Gasteiger partial charge is 0.351 e. The van der Waals surface area contributed by atoms with Crippen LogP contribution in [0.3, 0.4) is 0 Å². The smallest absolute Gasteiger partial charge is 0.262 e. The number of unbranched alkanes of at least 4 members (excludes halogenated alkanes) is 1. The number of fused-ring (bicyclic) bond motifs is 3. The topological polar surface area (TPSA) is 42.0 Å². The summed E-state index contributed by atoms with van der Waals surface area (Å²) in [4.78, 5) is 18.4. The van der Waals surface area contributed by atoms with Crippen molar-refractivity contribution < 1.29 is 4.79 Å². The van der Waals surface area contributed by atoms with Gasteiger partial charge in [0.2, 0.25) is 0 Å². The van der Waals surface area contributed by atoms with E-state index in [4.69, 9.17) is 0 Å². The summed E-state index contributed by atoms with van der Waals surface area (Å²) in [5, 5.41) is 5.24. The Bertz CT molecular complexity index is 1120. The van der Waals surface area contributed by atoms with Crippen LogP contribution in [-0.4, -0.2) is 17.4 Å². The normalized spacial score (nSPS) is 11.2. The van der Waals surface area contributed by atoms with Crippen molar-refractivity contribution >= 4 is 38.2 Å². The van der Waals surface area contributed by atoms with Crippen LogP contribution in [0.15, 0.2) is 54.7 Å². The molecule has 2 aromatic carbocycles. The van der Waals surface area contributed by atoms with Gasteiger partial charge in [-0.2, -0.15) is 0 Å². The fraction of sp³-hybridized carbons (Fsp3) is 0.217. The first-order valence-electron chi connectivity index (χ1n) is 9.34. The maximum atomic E-state index is 13.0. The Kier molecular flexibility index (Phi) is 4.90. The van der Waals surface area contributed by atoms with Gasteiger partial charge in [-0.15, -0.1) is 11.3 Å². The summed E-state index contributed by atoms with van der Waals surface area (Å²) >= 11 is 1.57. The molecule has 2 aromatic heterocycles. The Morgan fingerprint density at radius 2 is 1.93 bits per heavy atom. The molecule has 0 radical (unpaired) electrons. The molecule has 0 saturated carbocycles. The Morgan fingerprint density at radius 3 is 2.70 bits per heavy atom. The molecule has 27 heavy (non-hydrogen) atoms. The van der Waals surface area contributed by atoms with E-state index in [1.54, 1.807) is 11.3 Å². The number of carbonyl (C=O) groups excluding carboxylic acids is 1. The fourth-order valence-electron chi connectivity index (χ4n) is 3.36. The van der Waals surface area contributed by atoms with Crippen LogP contribution >= 0.6 is 11.3 Å². The summed E-state index contributed by atoms with van der Waals surface area (Å²) in [5.74, 6) is 0.00399. The number of aromatic nitrogens is 1. The Morgan fingerprint density at radius 1 is 1.11 bits per heavy atom. The Hall–Kier alpha value is -2.72. The quantitative estimate of drug-likeness (QED) is 0.438. The van der Waals surface area contributed by atoms with Crippen LogP contribution in [0.2, 0.25) is 0 Å². The molecule has 136 valence electrons. The molecule has 1 amide bonds. The van der Waals surface area contributed by atoms with Crippen molar-refractivity contribution in [1.29, 1.82) is 0 Å². The number of nitrogens with zero attached hydrogens (tertiary/aromatic N) is 1. The van der Waals surface area contributed by atoms with Gasteiger partial charge in [0, 0.05) is 33.8 Å². The van der Waals surface area contributed by atoms with E-state index >= 15 is 0 Å². The summed E-state index contributed by atoms with van der Waals surface area (Å²) in [7, 11) is 0. The van der Waals surface area contributed by atoms with Crippen LogP contribution in [0.5, 0.6) is 0 Å². The van der Waals surface area contributed by atoms with Crippen LogP contribution in [0.1, 0.15) is 35.0 Å². The number of nitrogens with one attached hydrogen (secondary N) is 1. The maximum absolute atomic E-state index is 13.0. The van der Waals surface area contributed by atoms with Gasteiger partial charge in [0.05, 0.1) is 5.52 Å². The molecule has 3 nitrogen and oxygen atoms in total. The summed E-state index contributed by atoms with van der Waals surface area (Å²) in [5.41, 5.74) is 4.20. The second-order valence-electron chi connectivity index (χ2n) is 6.80. The summed E-state index contributed by atoms with van der Waals surface area (Å²) in [6, 6.07) is 16.4. The average molecular weight is 375 g/mol. The standard InChI is InChI=1S/C23H22N2OS/c1-3-4-12-24-23(26)22-20(16-8-6-5-7-9-16)18-14-25-19-11-10-15(2)13-17(19)21(18)27-22/h5-11,13-14H,3-4,12H2,1-2H3,(H,24,26). The van der Waals surface area contributed by atoms with E-state index in [1.165, 1.54) is 5.56 Å². The van der Waals surface area contributed by atoms with Gasteiger partial charge in [0.25, 0.3) is 5.91 Å². The number of amides is 1. The zero-order chi connectivity index (χ0) is 18.8. The Balaban J connectivity index is 1.96. The van der Waals surface area contributed by atoms with Crippen molar-refractivity contribution in [3.8, 4) is 11.1 Å². The molecule has 0 atom stereocenters. The lowest BCUT2D eigenvalue weighted by molar-refractivity contribution is 0.0958. The molecule has 0 aliphatic heterocycles. The molecule has 4 aromatic rings. The number of rotatable bonds is 5. The third-order valence-corrected chi connectivity index (χ3v) is 6.00. The van der Waals surface area contributed by atoms with Gasteiger partial charge in [0.15, 0.2) is 0 Å². The van der Waals surface area contributed by atoms with Gasteiger partial charge >= 0.3 is 0 Å². The molecule has 0 unspecified atom stereocenters. The van der Waals surface area contributed by atoms with Crippen LogP contribution in [0.25, 0.3) is 32.1 Å². The lowest BCUT2D eigenvalue weighted by Gasteiger charge is -2.06. The van der Waals surface area contributed by atoms with E-state index in [0.29, 0.717) is 6.54 Å². The molecule has 0 aliphatic carbocycles. The highest BCUT2D eigenvalue weighted by molar-refractivity contribution is 7.22. The number of carbonyl (C=O) groups is 1. The lowest BCUT2D eigenvalue weighted by atomic mass is 10.0. The third-order valence-electron chi connectivity index (χ3n) is 4.76. The molecule has 1 N–H and O–H groups in total. The highest BCUT2D eigenvalue weighted by Gasteiger charge is 2.21. The van der Waals surface area contributed by atoms with Crippen molar-refractivity contribution in [2.75, 3.05) is 6.54 Å². The van der Waals surface area contributed by atoms with Crippen LogP contribution in [0, 0.1) is 6.92 Å². The van der Waals surface area contributed by atoms with Crippen molar-refractivity contribution in [2.45, 2.75) is 26.7 Å². The molecule has 4 rings (SSSR count). The SMILES string of the molecule is CCCCNC(=O)c1sc2c(cnc3ccc(C)cc32)c1-c1ccccc1. The molecular weight excluding hydrogens is 352 g/mol. The minimum atomic E-state index is 0.00399. The maximum Gasteiger partial charge on any atom is 0.262 e. The van der Waals surface area contributed by atoms with Crippen molar-refractivity contribution in [3.63, 3.8) is 0 Å². The number of hydrogen-bond acceptors (Lipinski definition) is 3. The molecule has 0 aliphatic rings. The molecule has 0 saturated heterocycles. The van der Waals surface area contributed by atoms with Crippen molar-refractivity contribution in [1.82, 2.24) is 10.3 Å². The monoisotopic (exact) mass is 374 g/mol. The molecule has 0 bridgehead atoms. The van der Waals surface area contributed by atoms with E-state index in [9.17, 15) is 4.79 Å². The average Bonchev–Trinajstić information content (AvgIpc) is 3.09. The van der Waals surface area contributed by atoms with Gasteiger partial charge in [-0.3, -0.25) is 9.78 Å². The second-order valence-corrected chi connectivity index (χ2v) is 7.82. The van der Waals surface area contributed by atoms with Crippen molar-refractivity contribution in [2.24, 2.45) is 0 Å². The molecule has 2 heterocycles. The minimum absolute atomic E-state index is 0.00399. The first-order chi connectivity index (χ1) is 13.2. The van der Waals surface area contributed by atoms with Gasteiger partial charge in [-0.05, 0) is 31.0 Å². The minimum Gasteiger partial charge on any atom is -0.351 e. The number of hydrogen-bond donors (Lipinski definition) is 1. The molecular formula is C23H22N2OS. The lowest BCUT2D eigenvalue weighted by Crippen LogP contribution is -2.23. The number of thiophene rings is 1. The first kappa shape index (κ1) is 17.7. The van der Waals surface area contributed by atoms with E-state index in [0.717, 1.165) is 49.8 Å². The van der Waals surface area contributed by atoms with Crippen LogP contribution < -0.4 is 5.32 Å². The highest BCUT2D eigenvalue weighted by Crippen LogP contribution is 2.41. The fourth-order valence-corrected chi connectivity index (χ4v) is 4.59. The van der Waals surface area contributed by atoms with Gasteiger partial charge in [0.1, 0.15) is 4.88 Å². The summed E-state index contributed by atoms with van der Waals surface area (Å²) < 4.78 is 1.13. The highest BCUT2D eigenvalue weighted by atomic mass is 32.1. The zero-order valence-electron chi connectivity index (χ0n) is 15.6. The molecule has 0 spiro atoms. The van der Waals surface area contributed by atoms with E-state index in [1.807, 2.05) is 30.5 Å². The second kappa shape index (κ2) is 7.49. The Labute approximate surface area is 163 Å². The van der Waals surface area contributed by atoms with E-state index in [2.05, 4.69) is 48.4 Å². The predicted octanol–water partition coefficient (Wildman–Crippen LogP) is 5.95. The molecule has 4 heteroatoms. The predicted molar refractivity (Wildman–Crippen MR) is 115 cm³/mol. The first-order valence-corrected chi connectivity index (χ1v) is 10.2. The van der Waals surface area contributed by atoms with E-state index < -0.39 is 0 Å². The zero-order valence-corrected chi connectivity index (χ0v) is 16.4. The van der Waals surface area contributed by atoms with Gasteiger partial charge in [-0.1, -0.05) is 55.3 Å². The summed E-state index contributed by atoms with van der Waals surface area (Å²) in [6.45, 7) is 4.92. The summed E-state index contributed by atoms with van der Waals surface area (Å²) in [6.07, 6.45) is 3.96. The number of aryl methyl sites for hydroxylation is 1. The number of benzene rings is 2. The third kappa shape index (κ3) is 3.33. The molecule has 0 fully saturated rings. The van der Waals surface area contributed by atoms with Gasteiger partial charge in [-0.25, -0.2) is 0 Å². The van der Waals surface area contributed by atoms with Gasteiger partial charge < -0.3 is 5.32 Å². The number of pyridine rings is 1. The van der Waals surface area contributed by atoms with Crippen molar-refractivity contribution in [3.05, 3.63) is 65.2 Å².